The minimum atomic E-state index is -1.12. The zero-order valence-corrected chi connectivity index (χ0v) is 13.2. The van der Waals surface area contributed by atoms with Gasteiger partial charge in [0.1, 0.15) is 0 Å². The summed E-state index contributed by atoms with van der Waals surface area (Å²) in [4.78, 5) is 36.5. The molecule has 1 saturated heterocycles. The Bertz CT molecular complexity index is 591. The lowest BCUT2D eigenvalue weighted by Gasteiger charge is -2.23. The molecule has 0 bridgehead atoms. The van der Waals surface area contributed by atoms with E-state index < -0.39 is 18.1 Å². The lowest BCUT2D eigenvalue weighted by molar-refractivity contribution is -0.133. The average Bonchev–Trinajstić information content (AvgIpc) is 2.74. The molecule has 1 aromatic rings. The fourth-order valence-electron chi connectivity index (χ4n) is 2.00. The third-order valence-electron chi connectivity index (χ3n) is 2.96. The molecule has 1 heterocycles. The normalized spacial score (nSPS) is 17.6. The van der Waals surface area contributed by atoms with Crippen LogP contribution in [0.4, 0.5) is 10.5 Å². The Morgan fingerprint density at radius 2 is 1.95 bits per heavy atom. The number of urea groups is 1. The molecule has 0 aromatic heterocycles. The lowest BCUT2D eigenvalue weighted by Crippen LogP contribution is -2.53. The average molecular weight is 345 g/mol. The summed E-state index contributed by atoms with van der Waals surface area (Å²) < 4.78 is 0. The fraction of sp³-hybridized carbons (Fsp3) is 0.308. The van der Waals surface area contributed by atoms with Crippen molar-refractivity contribution in [2.24, 2.45) is 0 Å². The Kier molecular flexibility index (Phi) is 5.23. The number of amides is 4. The maximum atomic E-state index is 12.4. The van der Waals surface area contributed by atoms with Gasteiger partial charge in [0.05, 0.1) is 5.69 Å². The highest BCUT2D eigenvalue weighted by atomic mass is 35.5. The quantitative estimate of drug-likeness (QED) is 0.468. The molecule has 0 saturated carbocycles. The molecule has 0 spiro atoms. The van der Waals surface area contributed by atoms with Crippen molar-refractivity contribution < 1.29 is 14.4 Å². The summed E-state index contributed by atoms with van der Waals surface area (Å²) >= 11 is 11.8. The summed E-state index contributed by atoms with van der Waals surface area (Å²) in [6.45, 7) is 2.40. The number of halogens is 2. The van der Waals surface area contributed by atoms with E-state index in [1.165, 1.54) is 18.2 Å². The molecular weight excluding hydrogens is 331 g/mol. The number of imide groups is 1. The highest BCUT2D eigenvalue weighted by molar-refractivity contribution is 6.35. The van der Waals surface area contributed by atoms with E-state index in [1.807, 2.05) is 6.92 Å². The van der Waals surface area contributed by atoms with Gasteiger partial charge < -0.3 is 5.32 Å². The lowest BCUT2D eigenvalue weighted by atomic mass is 10.3. The SMILES string of the molecule is CCCNN(C=O)C1NC(=O)N(c2cc(Cl)cc(Cl)c2)C1=O. The summed E-state index contributed by atoms with van der Waals surface area (Å²) in [7, 11) is 0. The minimum absolute atomic E-state index is 0.240. The molecular formula is C13H14Cl2N4O3. The van der Waals surface area contributed by atoms with Crippen molar-refractivity contribution in [3.05, 3.63) is 28.2 Å². The van der Waals surface area contributed by atoms with Gasteiger partial charge in [-0.25, -0.2) is 20.1 Å². The van der Waals surface area contributed by atoms with Crippen LogP contribution in [-0.4, -0.2) is 36.1 Å². The van der Waals surface area contributed by atoms with Gasteiger partial charge >= 0.3 is 6.03 Å². The smallest absolute Gasteiger partial charge is 0.308 e. The first kappa shape index (κ1) is 16.5. The van der Waals surface area contributed by atoms with E-state index >= 15 is 0 Å². The molecule has 1 atom stereocenters. The zero-order chi connectivity index (χ0) is 16.3. The van der Waals surface area contributed by atoms with Gasteiger partial charge in [-0.05, 0) is 24.6 Å². The van der Waals surface area contributed by atoms with E-state index in [0.29, 0.717) is 23.0 Å². The topological polar surface area (TPSA) is 81.8 Å². The third kappa shape index (κ3) is 3.32. The standard InChI is InChI=1S/C13H14Cl2N4O3/c1-2-3-16-18(7-20)11-12(21)19(13(22)17-11)10-5-8(14)4-9(15)6-10/h4-7,11,16H,2-3H2,1H3,(H,17,22). The Labute approximate surface area is 137 Å². The second-order valence-electron chi connectivity index (χ2n) is 4.57. The minimum Gasteiger partial charge on any atom is -0.308 e. The molecule has 4 amide bonds. The van der Waals surface area contributed by atoms with E-state index in [2.05, 4.69) is 10.7 Å². The molecule has 1 aliphatic heterocycles. The van der Waals surface area contributed by atoms with Crippen LogP contribution in [0.25, 0.3) is 0 Å². The van der Waals surface area contributed by atoms with Crippen molar-refractivity contribution in [3.63, 3.8) is 0 Å². The predicted octanol–water partition coefficient (Wildman–Crippen LogP) is 1.75. The Morgan fingerprint density at radius 1 is 1.32 bits per heavy atom. The molecule has 1 aliphatic rings. The number of nitrogens with zero attached hydrogens (tertiary/aromatic N) is 2. The monoisotopic (exact) mass is 344 g/mol. The van der Waals surface area contributed by atoms with E-state index in [9.17, 15) is 14.4 Å². The largest absolute Gasteiger partial charge is 0.330 e. The van der Waals surface area contributed by atoms with Gasteiger partial charge in [0.25, 0.3) is 5.91 Å². The van der Waals surface area contributed by atoms with Gasteiger partial charge in [0.15, 0.2) is 0 Å². The summed E-state index contributed by atoms with van der Waals surface area (Å²) in [5, 5.41) is 4.05. The van der Waals surface area contributed by atoms with Gasteiger partial charge in [-0.1, -0.05) is 30.1 Å². The van der Waals surface area contributed by atoms with Crippen LogP contribution < -0.4 is 15.6 Å². The van der Waals surface area contributed by atoms with E-state index in [1.54, 1.807) is 0 Å². The molecule has 0 radical (unpaired) electrons. The van der Waals surface area contributed by atoms with Crippen LogP contribution in [-0.2, 0) is 9.59 Å². The molecule has 9 heteroatoms. The molecule has 0 aliphatic carbocycles. The van der Waals surface area contributed by atoms with Crippen molar-refractivity contribution in [2.75, 3.05) is 11.4 Å². The van der Waals surface area contributed by atoms with Crippen molar-refractivity contribution in [2.45, 2.75) is 19.5 Å². The van der Waals surface area contributed by atoms with Gasteiger partial charge in [-0.3, -0.25) is 9.59 Å². The summed E-state index contributed by atoms with van der Waals surface area (Å²) in [5.74, 6) is -0.598. The van der Waals surface area contributed by atoms with Crippen LogP contribution in [0.15, 0.2) is 18.2 Å². The first-order valence-electron chi connectivity index (χ1n) is 6.55. The number of carbonyl (C=O) groups excluding carboxylic acids is 3. The van der Waals surface area contributed by atoms with Crippen LogP contribution >= 0.6 is 23.2 Å². The predicted molar refractivity (Wildman–Crippen MR) is 82.5 cm³/mol. The first-order valence-corrected chi connectivity index (χ1v) is 7.31. The molecule has 1 unspecified atom stereocenters. The number of hydrogen-bond donors (Lipinski definition) is 2. The van der Waals surface area contributed by atoms with Gasteiger partial charge in [0.2, 0.25) is 12.6 Å². The number of benzene rings is 1. The summed E-state index contributed by atoms with van der Waals surface area (Å²) in [5.41, 5.74) is 3.00. The van der Waals surface area contributed by atoms with Crippen molar-refractivity contribution >= 4 is 47.2 Å². The summed E-state index contributed by atoms with van der Waals surface area (Å²) in [6, 6.07) is 3.72. The van der Waals surface area contributed by atoms with Crippen LogP contribution in [0, 0.1) is 0 Å². The molecule has 1 fully saturated rings. The van der Waals surface area contributed by atoms with Gasteiger partial charge in [0, 0.05) is 16.6 Å². The van der Waals surface area contributed by atoms with Gasteiger partial charge in [-0.2, -0.15) is 0 Å². The number of hydrogen-bond acceptors (Lipinski definition) is 4. The number of hydrazine groups is 1. The summed E-state index contributed by atoms with van der Waals surface area (Å²) in [6.07, 6.45) is 0.0917. The van der Waals surface area contributed by atoms with Gasteiger partial charge in [-0.15, -0.1) is 0 Å². The highest BCUT2D eigenvalue weighted by Gasteiger charge is 2.42. The van der Waals surface area contributed by atoms with Crippen LogP contribution in [0.2, 0.25) is 10.0 Å². The maximum absolute atomic E-state index is 12.4. The van der Waals surface area contributed by atoms with Crippen LogP contribution in [0.1, 0.15) is 13.3 Å². The highest BCUT2D eigenvalue weighted by Crippen LogP contribution is 2.27. The zero-order valence-electron chi connectivity index (χ0n) is 11.7. The second kappa shape index (κ2) is 6.95. The number of anilines is 1. The van der Waals surface area contributed by atoms with E-state index in [-0.39, 0.29) is 5.69 Å². The molecule has 2 rings (SSSR count). The second-order valence-corrected chi connectivity index (χ2v) is 5.45. The van der Waals surface area contributed by atoms with E-state index in [0.717, 1.165) is 16.3 Å². The Balaban J connectivity index is 2.26. The number of carbonyl (C=O) groups is 3. The van der Waals surface area contributed by atoms with E-state index in [4.69, 9.17) is 23.2 Å². The molecule has 22 heavy (non-hydrogen) atoms. The fourth-order valence-corrected chi connectivity index (χ4v) is 2.51. The maximum Gasteiger partial charge on any atom is 0.330 e. The van der Waals surface area contributed by atoms with Crippen molar-refractivity contribution in [1.29, 1.82) is 0 Å². The Hall–Kier alpha value is -1.83. The number of nitrogens with one attached hydrogen (secondary N) is 2. The number of rotatable bonds is 6. The van der Waals surface area contributed by atoms with Crippen molar-refractivity contribution in [1.82, 2.24) is 15.8 Å². The molecule has 2 N–H and O–H groups in total. The molecule has 118 valence electrons. The third-order valence-corrected chi connectivity index (χ3v) is 3.40. The van der Waals surface area contributed by atoms with Crippen LogP contribution in [0.3, 0.4) is 0 Å². The molecule has 7 nitrogen and oxygen atoms in total. The van der Waals surface area contributed by atoms with Crippen LogP contribution in [0.5, 0.6) is 0 Å². The molecule has 1 aromatic carbocycles. The van der Waals surface area contributed by atoms with Crippen molar-refractivity contribution in [3.8, 4) is 0 Å². The first-order chi connectivity index (χ1) is 10.5. The Morgan fingerprint density at radius 3 is 2.50 bits per heavy atom.